The van der Waals surface area contributed by atoms with Gasteiger partial charge < -0.3 is 4.90 Å². The van der Waals surface area contributed by atoms with E-state index in [1.807, 2.05) is 6.92 Å². The maximum Gasteiger partial charge on any atom is 0.246 e. The van der Waals surface area contributed by atoms with Gasteiger partial charge in [-0.15, -0.1) is 0 Å². The Balaban J connectivity index is 2.89. The molecular weight excluding hydrogens is 234 g/mol. The zero-order valence-electron chi connectivity index (χ0n) is 13.2. The largest absolute Gasteiger partial charge is 0.345 e. The van der Waals surface area contributed by atoms with Crippen molar-refractivity contribution in [3.63, 3.8) is 0 Å². The van der Waals surface area contributed by atoms with E-state index in [2.05, 4.69) is 32.9 Å². The molecule has 2 nitrogen and oxygen atoms in total. The number of carbonyl (C=O) groups is 1. The van der Waals surface area contributed by atoms with Crippen LogP contribution in [0.2, 0.25) is 0 Å². The standard InChI is InChI=1S/C17H27NO/c1-13(12-16(19)18(5)6)9-10-15-14(2)8-7-11-17(15,3)4/h9-10,12H,7-8,11H2,1-6H3/b10-9+,13-12+. The number of hydrogen-bond acceptors (Lipinski definition) is 1. The van der Waals surface area contributed by atoms with Crippen LogP contribution in [0.1, 0.15) is 47.0 Å². The van der Waals surface area contributed by atoms with Gasteiger partial charge in [0.2, 0.25) is 5.91 Å². The van der Waals surface area contributed by atoms with Gasteiger partial charge in [0.15, 0.2) is 0 Å². The van der Waals surface area contributed by atoms with Gasteiger partial charge in [-0.3, -0.25) is 4.79 Å². The lowest BCUT2D eigenvalue weighted by atomic mass is 9.72. The Bertz CT molecular complexity index is 436. The highest BCUT2D eigenvalue weighted by Crippen LogP contribution is 2.40. The molecule has 1 aliphatic rings. The highest BCUT2D eigenvalue weighted by Gasteiger charge is 2.26. The van der Waals surface area contributed by atoms with Crippen LogP contribution < -0.4 is 0 Å². The van der Waals surface area contributed by atoms with E-state index in [1.165, 1.54) is 30.4 Å². The SMILES string of the molecule is CC1=C(/C=C/C(C)=C/C(=O)N(C)C)C(C)(C)CCC1. The second kappa shape index (κ2) is 6.23. The fraction of sp³-hybridized carbons (Fsp3) is 0.588. The Morgan fingerprint density at radius 2 is 1.95 bits per heavy atom. The van der Waals surface area contributed by atoms with Crippen molar-refractivity contribution in [2.45, 2.75) is 47.0 Å². The van der Waals surface area contributed by atoms with E-state index >= 15 is 0 Å². The minimum absolute atomic E-state index is 0.0377. The molecule has 0 unspecified atom stereocenters. The maximum absolute atomic E-state index is 11.6. The zero-order chi connectivity index (χ0) is 14.6. The molecule has 1 aliphatic carbocycles. The lowest BCUT2D eigenvalue weighted by Crippen LogP contribution is -2.19. The van der Waals surface area contributed by atoms with Gasteiger partial charge >= 0.3 is 0 Å². The van der Waals surface area contributed by atoms with Gasteiger partial charge in [-0.2, -0.15) is 0 Å². The van der Waals surface area contributed by atoms with Crippen LogP contribution in [0.4, 0.5) is 0 Å². The van der Waals surface area contributed by atoms with Crippen LogP contribution in [0.25, 0.3) is 0 Å². The van der Waals surface area contributed by atoms with E-state index < -0.39 is 0 Å². The van der Waals surface area contributed by atoms with Crippen LogP contribution in [0.3, 0.4) is 0 Å². The molecule has 0 N–H and O–H groups in total. The first-order chi connectivity index (χ1) is 8.74. The average molecular weight is 261 g/mol. The molecule has 19 heavy (non-hydrogen) atoms. The lowest BCUT2D eigenvalue weighted by Gasteiger charge is -2.32. The predicted octanol–water partition coefficient (Wildman–Crippen LogP) is 4.10. The van der Waals surface area contributed by atoms with Gasteiger partial charge in [0.05, 0.1) is 0 Å². The van der Waals surface area contributed by atoms with E-state index in [9.17, 15) is 4.79 Å². The van der Waals surface area contributed by atoms with Crippen molar-refractivity contribution in [3.8, 4) is 0 Å². The number of hydrogen-bond donors (Lipinski definition) is 0. The van der Waals surface area contributed by atoms with Gasteiger partial charge in [0, 0.05) is 20.2 Å². The van der Waals surface area contributed by atoms with E-state index in [0.717, 1.165) is 5.57 Å². The summed E-state index contributed by atoms with van der Waals surface area (Å²) in [6.07, 6.45) is 9.66. The van der Waals surface area contributed by atoms with Crippen LogP contribution in [0.5, 0.6) is 0 Å². The van der Waals surface area contributed by atoms with Gasteiger partial charge in [-0.1, -0.05) is 31.6 Å². The Kier molecular flexibility index (Phi) is 5.16. The van der Waals surface area contributed by atoms with Crippen LogP contribution in [0.15, 0.2) is 34.9 Å². The van der Waals surface area contributed by atoms with Crippen LogP contribution in [-0.2, 0) is 4.79 Å². The first-order valence-corrected chi connectivity index (χ1v) is 7.02. The first kappa shape index (κ1) is 15.7. The quantitative estimate of drug-likeness (QED) is 0.553. The second-order valence-corrected chi connectivity index (χ2v) is 6.39. The summed E-state index contributed by atoms with van der Waals surface area (Å²) in [6.45, 7) is 8.81. The fourth-order valence-corrected chi connectivity index (χ4v) is 2.60. The van der Waals surface area contributed by atoms with Gasteiger partial charge in [-0.25, -0.2) is 0 Å². The van der Waals surface area contributed by atoms with Crippen molar-refractivity contribution < 1.29 is 4.79 Å². The van der Waals surface area contributed by atoms with Gasteiger partial charge in [0.25, 0.3) is 0 Å². The van der Waals surface area contributed by atoms with E-state index in [-0.39, 0.29) is 11.3 Å². The summed E-state index contributed by atoms with van der Waals surface area (Å²) >= 11 is 0. The molecule has 0 aromatic rings. The molecular formula is C17H27NO. The third kappa shape index (κ3) is 4.38. The van der Waals surface area contributed by atoms with E-state index in [0.29, 0.717) is 0 Å². The Labute approximate surface area is 117 Å². The van der Waals surface area contributed by atoms with Crippen LogP contribution >= 0.6 is 0 Å². The summed E-state index contributed by atoms with van der Waals surface area (Å²) in [5.41, 5.74) is 4.17. The van der Waals surface area contributed by atoms with Crippen molar-refractivity contribution in [1.82, 2.24) is 4.90 Å². The molecule has 0 bridgehead atoms. The van der Waals surface area contributed by atoms with Crippen molar-refractivity contribution in [2.75, 3.05) is 14.1 Å². The lowest BCUT2D eigenvalue weighted by molar-refractivity contribution is -0.123. The molecule has 2 heteroatoms. The Morgan fingerprint density at radius 1 is 1.32 bits per heavy atom. The number of carbonyl (C=O) groups excluding carboxylic acids is 1. The van der Waals surface area contributed by atoms with Crippen molar-refractivity contribution in [2.24, 2.45) is 5.41 Å². The molecule has 0 radical (unpaired) electrons. The Hall–Kier alpha value is -1.31. The van der Waals surface area contributed by atoms with Crippen molar-refractivity contribution >= 4 is 5.91 Å². The summed E-state index contributed by atoms with van der Waals surface area (Å²) in [6, 6.07) is 0. The third-order valence-corrected chi connectivity index (χ3v) is 3.85. The smallest absolute Gasteiger partial charge is 0.246 e. The Morgan fingerprint density at radius 3 is 2.47 bits per heavy atom. The fourth-order valence-electron chi connectivity index (χ4n) is 2.60. The second-order valence-electron chi connectivity index (χ2n) is 6.39. The molecule has 0 fully saturated rings. The molecule has 0 heterocycles. The van der Waals surface area contributed by atoms with Crippen LogP contribution in [0, 0.1) is 5.41 Å². The first-order valence-electron chi connectivity index (χ1n) is 7.02. The molecule has 0 saturated carbocycles. The molecule has 0 aliphatic heterocycles. The maximum atomic E-state index is 11.6. The summed E-state index contributed by atoms with van der Waals surface area (Å²) in [5.74, 6) is 0.0377. The molecule has 0 atom stereocenters. The average Bonchev–Trinajstić information content (AvgIpc) is 2.27. The number of nitrogens with zero attached hydrogens (tertiary/aromatic N) is 1. The molecule has 0 saturated heterocycles. The molecule has 0 spiro atoms. The summed E-state index contributed by atoms with van der Waals surface area (Å²) in [4.78, 5) is 13.2. The minimum atomic E-state index is 0.0377. The molecule has 0 aromatic carbocycles. The third-order valence-electron chi connectivity index (χ3n) is 3.85. The highest BCUT2D eigenvalue weighted by molar-refractivity contribution is 5.88. The molecule has 1 amide bonds. The molecule has 1 rings (SSSR count). The summed E-state index contributed by atoms with van der Waals surface area (Å²) in [5, 5.41) is 0. The van der Waals surface area contributed by atoms with Crippen LogP contribution in [-0.4, -0.2) is 24.9 Å². The van der Waals surface area contributed by atoms with E-state index in [1.54, 1.807) is 25.1 Å². The van der Waals surface area contributed by atoms with Gasteiger partial charge in [-0.05, 0) is 49.7 Å². The summed E-state index contributed by atoms with van der Waals surface area (Å²) < 4.78 is 0. The summed E-state index contributed by atoms with van der Waals surface area (Å²) in [7, 11) is 3.54. The topological polar surface area (TPSA) is 20.3 Å². The normalized spacial score (nSPS) is 20.0. The zero-order valence-corrected chi connectivity index (χ0v) is 13.2. The monoisotopic (exact) mass is 261 g/mol. The van der Waals surface area contributed by atoms with Gasteiger partial charge in [0.1, 0.15) is 0 Å². The highest BCUT2D eigenvalue weighted by atomic mass is 16.2. The number of likely N-dealkylation sites (N-methyl/N-ethyl adjacent to an activating group) is 1. The number of amides is 1. The molecule has 106 valence electrons. The predicted molar refractivity (Wildman–Crippen MR) is 81.9 cm³/mol. The number of rotatable bonds is 3. The van der Waals surface area contributed by atoms with E-state index in [4.69, 9.17) is 0 Å². The number of allylic oxidation sites excluding steroid dienone is 5. The van der Waals surface area contributed by atoms with Crippen molar-refractivity contribution in [1.29, 1.82) is 0 Å². The van der Waals surface area contributed by atoms with Crippen molar-refractivity contribution in [3.05, 3.63) is 34.9 Å². The minimum Gasteiger partial charge on any atom is -0.345 e. The molecule has 0 aromatic heterocycles.